The molecule has 1 aliphatic rings. The number of aryl methyl sites for hydroxylation is 1. The maximum Gasteiger partial charge on any atom is 0.277 e. The van der Waals surface area contributed by atoms with E-state index in [1.807, 2.05) is 49.4 Å². The third kappa shape index (κ3) is 3.81. The molecule has 0 unspecified atom stereocenters. The van der Waals surface area contributed by atoms with Gasteiger partial charge in [0.1, 0.15) is 5.82 Å². The van der Waals surface area contributed by atoms with Crippen LogP contribution in [0.5, 0.6) is 0 Å². The lowest BCUT2D eigenvalue weighted by Crippen LogP contribution is -2.30. The van der Waals surface area contributed by atoms with E-state index >= 15 is 0 Å². The molecule has 3 heterocycles. The largest absolute Gasteiger partial charge is 0.355 e. The lowest BCUT2D eigenvalue weighted by Gasteiger charge is -2.27. The quantitative estimate of drug-likeness (QED) is 0.771. The molecule has 1 N–H and O–H groups in total. The molecule has 1 aromatic carbocycles. The first-order valence-corrected chi connectivity index (χ1v) is 9.23. The molecule has 1 saturated heterocycles. The van der Waals surface area contributed by atoms with Crippen molar-refractivity contribution < 1.29 is 4.79 Å². The predicted octanol–water partition coefficient (Wildman–Crippen LogP) is 3.21. The van der Waals surface area contributed by atoms with E-state index in [-0.39, 0.29) is 11.6 Å². The highest BCUT2D eigenvalue weighted by molar-refractivity contribution is 6.02. The number of amides is 1. The highest BCUT2D eigenvalue weighted by Crippen LogP contribution is 2.19. The molecule has 0 radical (unpaired) electrons. The number of rotatable bonds is 4. The van der Waals surface area contributed by atoms with Crippen molar-refractivity contribution in [2.24, 2.45) is 0 Å². The van der Waals surface area contributed by atoms with Gasteiger partial charge in [-0.05, 0) is 50.5 Å². The third-order valence-corrected chi connectivity index (χ3v) is 4.64. The summed E-state index contributed by atoms with van der Waals surface area (Å²) >= 11 is 0. The first-order chi connectivity index (χ1) is 13.2. The van der Waals surface area contributed by atoms with E-state index in [0.717, 1.165) is 30.3 Å². The smallest absolute Gasteiger partial charge is 0.277 e. The van der Waals surface area contributed by atoms with Crippen LogP contribution in [0.4, 0.5) is 11.6 Å². The molecule has 1 aliphatic heterocycles. The van der Waals surface area contributed by atoms with Crippen molar-refractivity contribution >= 4 is 17.5 Å². The molecular weight excluding hydrogens is 340 g/mol. The molecule has 7 heteroatoms. The van der Waals surface area contributed by atoms with Crippen LogP contribution < -0.4 is 10.2 Å². The third-order valence-electron chi connectivity index (χ3n) is 4.64. The Bertz CT molecular complexity index is 913. The highest BCUT2D eigenvalue weighted by Gasteiger charge is 2.16. The number of nitrogens with zero attached hydrogens (tertiary/aromatic N) is 5. The van der Waals surface area contributed by atoms with Crippen LogP contribution in [0.1, 0.15) is 35.4 Å². The minimum Gasteiger partial charge on any atom is -0.355 e. The van der Waals surface area contributed by atoms with Crippen LogP contribution in [-0.2, 0) is 0 Å². The predicted molar refractivity (Wildman–Crippen MR) is 104 cm³/mol. The van der Waals surface area contributed by atoms with Gasteiger partial charge in [-0.1, -0.05) is 18.2 Å². The van der Waals surface area contributed by atoms with Crippen molar-refractivity contribution in [3.05, 3.63) is 59.9 Å². The van der Waals surface area contributed by atoms with Gasteiger partial charge in [0.05, 0.1) is 11.4 Å². The van der Waals surface area contributed by atoms with E-state index < -0.39 is 0 Å². The van der Waals surface area contributed by atoms with Crippen molar-refractivity contribution in [1.82, 2.24) is 20.0 Å². The number of anilines is 2. The summed E-state index contributed by atoms with van der Waals surface area (Å²) in [6.45, 7) is 3.88. The SMILES string of the molecule is Cc1cc(NC(=O)c2ccc(N3CCCCC3)nn2)n(-c2ccccc2)n1. The number of hydrogen-bond acceptors (Lipinski definition) is 5. The molecule has 0 spiro atoms. The monoisotopic (exact) mass is 362 g/mol. The number of aromatic nitrogens is 4. The van der Waals surface area contributed by atoms with E-state index in [9.17, 15) is 4.79 Å². The van der Waals surface area contributed by atoms with Crippen LogP contribution in [-0.4, -0.2) is 39.0 Å². The van der Waals surface area contributed by atoms with E-state index in [4.69, 9.17) is 0 Å². The molecule has 4 rings (SSSR count). The fourth-order valence-electron chi connectivity index (χ4n) is 3.27. The van der Waals surface area contributed by atoms with E-state index in [2.05, 4.69) is 25.5 Å². The van der Waals surface area contributed by atoms with Crippen molar-refractivity contribution in [3.8, 4) is 5.69 Å². The molecule has 0 atom stereocenters. The van der Waals surface area contributed by atoms with Crippen molar-refractivity contribution in [3.63, 3.8) is 0 Å². The number of piperidine rings is 1. The lowest BCUT2D eigenvalue weighted by atomic mass is 10.1. The summed E-state index contributed by atoms with van der Waals surface area (Å²) in [5, 5.41) is 15.7. The van der Waals surface area contributed by atoms with Gasteiger partial charge in [0.2, 0.25) is 0 Å². The molecule has 7 nitrogen and oxygen atoms in total. The van der Waals surface area contributed by atoms with Crippen LogP contribution in [0, 0.1) is 6.92 Å². The molecule has 1 amide bonds. The lowest BCUT2D eigenvalue weighted by molar-refractivity contribution is 0.102. The summed E-state index contributed by atoms with van der Waals surface area (Å²) in [6.07, 6.45) is 3.61. The Morgan fingerprint density at radius 2 is 1.78 bits per heavy atom. The Morgan fingerprint density at radius 3 is 2.48 bits per heavy atom. The van der Waals surface area contributed by atoms with Crippen molar-refractivity contribution in [1.29, 1.82) is 0 Å². The van der Waals surface area contributed by atoms with Gasteiger partial charge >= 0.3 is 0 Å². The maximum atomic E-state index is 12.6. The standard InChI is InChI=1S/C20H22N6O/c1-15-14-19(26(24-15)16-8-4-2-5-9-16)21-20(27)17-10-11-18(23-22-17)25-12-6-3-7-13-25/h2,4-5,8-11,14H,3,6-7,12-13H2,1H3,(H,21,27). The topological polar surface area (TPSA) is 75.9 Å². The maximum absolute atomic E-state index is 12.6. The fourth-order valence-corrected chi connectivity index (χ4v) is 3.27. The summed E-state index contributed by atoms with van der Waals surface area (Å²) in [4.78, 5) is 14.8. The average Bonchev–Trinajstić information content (AvgIpc) is 3.09. The summed E-state index contributed by atoms with van der Waals surface area (Å²) in [5.41, 5.74) is 1.99. The van der Waals surface area contributed by atoms with Gasteiger partial charge in [0, 0.05) is 19.2 Å². The first-order valence-electron chi connectivity index (χ1n) is 9.23. The van der Waals surface area contributed by atoms with Crippen LogP contribution in [0.25, 0.3) is 5.69 Å². The highest BCUT2D eigenvalue weighted by atomic mass is 16.2. The Hall–Kier alpha value is -3.22. The summed E-state index contributed by atoms with van der Waals surface area (Å²) < 4.78 is 1.71. The second kappa shape index (κ2) is 7.57. The van der Waals surface area contributed by atoms with Gasteiger partial charge in [0.15, 0.2) is 11.5 Å². The van der Waals surface area contributed by atoms with Gasteiger partial charge in [-0.25, -0.2) is 4.68 Å². The first kappa shape index (κ1) is 17.2. The Morgan fingerprint density at radius 1 is 1.00 bits per heavy atom. The number of para-hydroxylation sites is 1. The molecule has 3 aromatic rings. The molecular formula is C20H22N6O. The van der Waals surface area contributed by atoms with Gasteiger partial charge in [-0.3, -0.25) is 4.79 Å². The number of benzene rings is 1. The normalized spacial score (nSPS) is 14.2. The number of nitrogens with one attached hydrogen (secondary N) is 1. The van der Waals surface area contributed by atoms with Gasteiger partial charge in [-0.15, -0.1) is 10.2 Å². The summed E-state index contributed by atoms with van der Waals surface area (Å²) in [6, 6.07) is 15.1. The molecule has 0 aliphatic carbocycles. The van der Waals surface area contributed by atoms with E-state index in [1.165, 1.54) is 19.3 Å². The van der Waals surface area contributed by atoms with Crippen LogP contribution >= 0.6 is 0 Å². The minimum atomic E-state index is -0.301. The number of carbonyl (C=O) groups excluding carboxylic acids is 1. The van der Waals surface area contributed by atoms with Gasteiger partial charge in [-0.2, -0.15) is 5.10 Å². The van der Waals surface area contributed by atoms with Crippen LogP contribution in [0.15, 0.2) is 48.5 Å². The number of carbonyl (C=O) groups is 1. The summed E-state index contributed by atoms with van der Waals surface area (Å²) in [7, 11) is 0. The second-order valence-corrected chi connectivity index (χ2v) is 6.70. The van der Waals surface area contributed by atoms with Crippen LogP contribution in [0.3, 0.4) is 0 Å². The van der Waals surface area contributed by atoms with Gasteiger partial charge in [0.25, 0.3) is 5.91 Å². The van der Waals surface area contributed by atoms with E-state index in [0.29, 0.717) is 5.82 Å². The number of hydrogen-bond donors (Lipinski definition) is 1. The Balaban J connectivity index is 1.51. The fraction of sp³-hybridized carbons (Fsp3) is 0.300. The van der Waals surface area contributed by atoms with Crippen molar-refractivity contribution in [2.75, 3.05) is 23.3 Å². The molecule has 2 aromatic heterocycles. The average molecular weight is 362 g/mol. The van der Waals surface area contributed by atoms with Crippen molar-refractivity contribution in [2.45, 2.75) is 26.2 Å². The second-order valence-electron chi connectivity index (χ2n) is 6.70. The summed E-state index contributed by atoms with van der Waals surface area (Å²) in [5.74, 6) is 1.13. The minimum absolute atomic E-state index is 0.286. The zero-order valence-corrected chi connectivity index (χ0v) is 15.3. The Kier molecular flexibility index (Phi) is 4.82. The molecule has 138 valence electrons. The molecule has 0 bridgehead atoms. The zero-order chi connectivity index (χ0) is 18.6. The molecule has 27 heavy (non-hydrogen) atoms. The Labute approximate surface area is 158 Å². The van der Waals surface area contributed by atoms with Crippen LogP contribution in [0.2, 0.25) is 0 Å². The zero-order valence-electron chi connectivity index (χ0n) is 15.3. The van der Waals surface area contributed by atoms with Gasteiger partial charge < -0.3 is 10.2 Å². The molecule has 0 saturated carbocycles. The molecule has 1 fully saturated rings. The van der Waals surface area contributed by atoms with E-state index in [1.54, 1.807) is 10.7 Å².